The minimum Gasteiger partial charge on any atom is -0.313 e. The zero-order valence-electron chi connectivity index (χ0n) is 8.63. The van der Waals surface area contributed by atoms with E-state index in [2.05, 4.69) is 10.4 Å². The summed E-state index contributed by atoms with van der Waals surface area (Å²) in [7, 11) is 0. The molecule has 1 aromatic rings. The van der Waals surface area contributed by atoms with E-state index in [-0.39, 0.29) is 6.04 Å². The Morgan fingerprint density at radius 2 is 2.43 bits per heavy atom. The molecule has 0 radical (unpaired) electrons. The Balaban J connectivity index is 2.35. The largest absolute Gasteiger partial charge is 0.313 e. The molecular formula is C10H16FN3. The van der Waals surface area contributed by atoms with Crippen LogP contribution in [0.3, 0.4) is 0 Å². The SMILES string of the molecule is CC(C)n1nccc1C1(F)CCNC1. The zero-order valence-corrected chi connectivity index (χ0v) is 8.63. The summed E-state index contributed by atoms with van der Waals surface area (Å²) in [5.41, 5.74) is -0.515. The van der Waals surface area contributed by atoms with Gasteiger partial charge < -0.3 is 5.32 Å². The predicted molar refractivity (Wildman–Crippen MR) is 52.9 cm³/mol. The molecular weight excluding hydrogens is 181 g/mol. The van der Waals surface area contributed by atoms with Crippen molar-refractivity contribution in [3.8, 4) is 0 Å². The molecule has 0 amide bonds. The number of nitrogens with zero attached hydrogens (tertiary/aromatic N) is 2. The maximum Gasteiger partial charge on any atom is 0.165 e. The third-order valence-corrected chi connectivity index (χ3v) is 2.72. The van der Waals surface area contributed by atoms with Gasteiger partial charge in [-0.15, -0.1) is 0 Å². The minimum absolute atomic E-state index is 0.216. The van der Waals surface area contributed by atoms with Crippen molar-refractivity contribution in [2.24, 2.45) is 0 Å². The lowest BCUT2D eigenvalue weighted by Gasteiger charge is -2.21. The van der Waals surface area contributed by atoms with Gasteiger partial charge in [0.05, 0.1) is 5.69 Å². The van der Waals surface area contributed by atoms with Crippen LogP contribution in [-0.2, 0) is 5.67 Å². The summed E-state index contributed by atoms with van der Waals surface area (Å²) in [4.78, 5) is 0. The van der Waals surface area contributed by atoms with Crippen molar-refractivity contribution in [2.45, 2.75) is 32.0 Å². The molecule has 1 N–H and O–H groups in total. The van der Waals surface area contributed by atoms with Crippen LogP contribution in [0.25, 0.3) is 0 Å². The number of hydrogen-bond donors (Lipinski definition) is 1. The van der Waals surface area contributed by atoms with E-state index in [1.54, 1.807) is 16.9 Å². The summed E-state index contributed by atoms with van der Waals surface area (Å²) in [6.45, 7) is 5.19. The van der Waals surface area contributed by atoms with E-state index in [1.807, 2.05) is 13.8 Å². The fraction of sp³-hybridized carbons (Fsp3) is 0.700. The Kier molecular flexibility index (Phi) is 2.31. The first-order valence-electron chi connectivity index (χ1n) is 5.07. The van der Waals surface area contributed by atoms with E-state index >= 15 is 0 Å². The minimum atomic E-state index is -1.22. The molecule has 2 heterocycles. The molecule has 0 aliphatic carbocycles. The zero-order chi connectivity index (χ0) is 10.2. The average molecular weight is 197 g/mol. The van der Waals surface area contributed by atoms with Crippen molar-refractivity contribution >= 4 is 0 Å². The highest BCUT2D eigenvalue weighted by molar-refractivity contribution is 5.15. The second-order valence-corrected chi connectivity index (χ2v) is 4.15. The number of aromatic nitrogens is 2. The first-order valence-corrected chi connectivity index (χ1v) is 5.07. The number of alkyl halides is 1. The molecule has 1 unspecified atom stereocenters. The van der Waals surface area contributed by atoms with Gasteiger partial charge in [0.1, 0.15) is 0 Å². The smallest absolute Gasteiger partial charge is 0.165 e. The maximum absolute atomic E-state index is 14.4. The summed E-state index contributed by atoms with van der Waals surface area (Å²) in [6.07, 6.45) is 2.22. The van der Waals surface area contributed by atoms with Gasteiger partial charge >= 0.3 is 0 Å². The van der Waals surface area contributed by atoms with Crippen LogP contribution in [-0.4, -0.2) is 22.9 Å². The highest BCUT2D eigenvalue weighted by Gasteiger charge is 2.38. The van der Waals surface area contributed by atoms with Gasteiger partial charge in [-0.2, -0.15) is 5.10 Å². The van der Waals surface area contributed by atoms with E-state index in [0.717, 1.165) is 6.54 Å². The molecule has 1 fully saturated rings. The van der Waals surface area contributed by atoms with Crippen LogP contribution in [0.1, 0.15) is 32.0 Å². The van der Waals surface area contributed by atoms with E-state index in [0.29, 0.717) is 18.7 Å². The lowest BCUT2D eigenvalue weighted by molar-refractivity contribution is 0.174. The Hall–Kier alpha value is -0.900. The summed E-state index contributed by atoms with van der Waals surface area (Å²) >= 11 is 0. The summed E-state index contributed by atoms with van der Waals surface area (Å²) in [5, 5.41) is 7.21. The fourth-order valence-electron chi connectivity index (χ4n) is 1.96. The topological polar surface area (TPSA) is 29.9 Å². The molecule has 0 bridgehead atoms. The average Bonchev–Trinajstić information content (AvgIpc) is 2.71. The molecule has 14 heavy (non-hydrogen) atoms. The monoisotopic (exact) mass is 197 g/mol. The fourth-order valence-corrected chi connectivity index (χ4v) is 1.96. The van der Waals surface area contributed by atoms with Crippen LogP contribution in [0.5, 0.6) is 0 Å². The highest BCUT2D eigenvalue weighted by atomic mass is 19.1. The van der Waals surface area contributed by atoms with E-state index in [9.17, 15) is 4.39 Å². The van der Waals surface area contributed by atoms with Gasteiger partial charge in [0.2, 0.25) is 0 Å². The van der Waals surface area contributed by atoms with Gasteiger partial charge in [-0.3, -0.25) is 4.68 Å². The van der Waals surface area contributed by atoms with Crippen molar-refractivity contribution in [3.63, 3.8) is 0 Å². The third kappa shape index (κ3) is 1.43. The Morgan fingerprint density at radius 1 is 1.64 bits per heavy atom. The van der Waals surface area contributed by atoms with Gasteiger partial charge in [0.25, 0.3) is 0 Å². The summed E-state index contributed by atoms with van der Waals surface area (Å²) in [5.74, 6) is 0. The van der Waals surface area contributed by atoms with Gasteiger partial charge in [-0.25, -0.2) is 4.39 Å². The van der Waals surface area contributed by atoms with Crippen molar-refractivity contribution in [1.82, 2.24) is 15.1 Å². The van der Waals surface area contributed by atoms with Crippen molar-refractivity contribution in [3.05, 3.63) is 18.0 Å². The Bertz CT molecular complexity index is 313. The summed E-state index contributed by atoms with van der Waals surface area (Å²) < 4.78 is 16.1. The summed E-state index contributed by atoms with van der Waals surface area (Å²) in [6, 6.07) is 2.00. The van der Waals surface area contributed by atoms with Gasteiger partial charge in [-0.05, 0) is 26.5 Å². The van der Waals surface area contributed by atoms with Crippen molar-refractivity contribution in [2.75, 3.05) is 13.1 Å². The number of halogens is 1. The maximum atomic E-state index is 14.4. The second-order valence-electron chi connectivity index (χ2n) is 4.15. The molecule has 0 saturated carbocycles. The van der Waals surface area contributed by atoms with Gasteiger partial charge in [-0.1, -0.05) is 0 Å². The molecule has 0 aromatic carbocycles. The lowest BCUT2D eigenvalue weighted by atomic mass is 10.0. The predicted octanol–water partition coefficient (Wildman–Crippen LogP) is 1.62. The van der Waals surface area contributed by atoms with Crippen LogP contribution >= 0.6 is 0 Å². The Morgan fingerprint density at radius 3 is 3.00 bits per heavy atom. The molecule has 0 spiro atoms. The number of rotatable bonds is 2. The Labute approximate surface area is 83.3 Å². The molecule has 2 rings (SSSR count). The van der Waals surface area contributed by atoms with Crippen LogP contribution < -0.4 is 5.32 Å². The normalized spacial score (nSPS) is 27.4. The number of hydrogen-bond acceptors (Lipinski definition) is 2. The second kappa shape index (κ2) is 3.35. The molecule has 1 aliphatic heterocycles. The standard InChI is InChI=1S/C10H16FN3/c1-8(2)14-9(3-5-13-14)10(11)4-6-12-7-10/h3,5,8,12H,4,6-7H2,1-2H3. The van der Waals surface area contributed by atoms with E-state index in [1.165, 1.54) is 0 Å². The molecule has 3 nitrogen and oxygen atoms in total. The molecule has 1 aliphatic rings. The third-order valence-electron chi connectivity index (χ3n) is 2.72. The van der Waals surface area contributed by atoms with E-state index < -0.39 is 5.67 Å². The highest BCUT2D eigenvalue weighted by Crippen LogP contribution is 2.32. The van der Waals surface area contributed by atoms with Crippen LogP contribution in [0, 0.1) is 0 Å². The van der Waals surface area contributed by atoms with Crippen molar-refractivity contribution in [1.29, 1.82) is 0 Å². The first-order chi connectivity index (χ1) is 6.63. The number of nitrogens with one attached hydrogen (secondary N) is 1. The molecule has 1 saturated heterocycles. The van der Waals surface area contributed by atoms with Crippen LogP contribution in [0.15, 0.2) is 12.3 Å². The van der Waals surface area contributed by atoms with E-state index in [4.69, 9.17) is 0 Å². The first kappa shape index (κ1) is 9.65. The van der Waals surface area contributed by atoms with Gasteiger partial charge in [0, 0.05) is 25.2 Å². The molecule has 78 valence electrons. The molecule has 4 heteroatoms. The molecule has 1 atom stereocenters. The van der Waals surface area contributed by atoms with Crippen LogP contribution in [0.2, 0.25) is 0 Å². The van der Waals surface area contributed by atoms with Gasteiger partial charge in [0.15, 0.2) is 5.67 Å². The van der Waals surface area contributed by atoms with Crippen LogP contribution in [0.4, 0.5) is 4.39 Å². The molecule has 1 aromatic heterocycles. The van der Waals surface area contributed by atoms with Crippen molar-refractivity contribution < 1.29 is 4.39 Å². The lowest BCUT2D eigenvalue weighted by Crippen LogP contribution is -2.27. The quantitative estimate of drug-likeness (QED) is 0.780.